The molecule has 10 heteroatoms. The quantitative estimate of drug-likeness (QED) is 0.370. The van der Waals surface area contributed by atoms with Gasteiger partial charge in [-0.3, -0.25) is 9.59 Å². The number of carboxylic acids is 4. The van der Waals surface area contributed by atoms with E-state index in [1.165, 1.54) is 0 Å². The third-order valence-corrected chi connectivity index (χ3v) is 4.68. The summed E-state index contributed by atoms with van der Waals surface area (Å²) < 4.78 is -2.62. The molecule has 0 heterocycles. The molecule has 0 radical (unpaired) electrons. The molecule has 100 valence electrons. The van der Waals surface area contributed by atoms with Crippen molar-refractivity contribution in [3.05, 3.63) is 11.6 Å². The van der Waals surface area contributed by atoms with E-state index in [0.29, 0.717) is 0 Å². The van der Waals surface area contributed by atoms with E-state index in [4.69, 9.17) is 20.4 Å². The van der Waals surface area contributed by atoms with Crippen molar-refractivity contribution in [2.24, 2.45) is 0 Å². The first kappa shape index (κ1) is 16.6. The van der Waals surface area contributed by atoms with Gasteiger partial charge in [-0.1, -0.05) is 31.9 Å². The molecule has 0 aliphatic rings. The number of halogens is 2. The highest BCUT2D eigenvalue weighted by molar-refractivity contribution is 9.13. The van der Waals surface area contributed by atoms with E-state index < -0.39 is 38.6 Å². The molecule has 0 amide bonds. The van der Waals surface area contributed by atoms with Gasteiger partial charge in [-0.25, -0.2) is 9.59 Å². The topological polar surface area (TPSA) is 149 Å². The minimum atomic E-state index is -2.62. The van der Waals surface area contributed by atoms with Gasteiger partial charge in [-0.15, -0.1) is 0 Å². The highest BCUT2D eigenvalue weighted by Crippen LogP contribution is 2.36. The number of rotatable bonds is 6. The van der Waals surface area contributed by atoms with Gasteiger partial charge >= 0.3 is 23.9 Å². The Kier molecular flexibility index (Phi) is 5.49. The predicted octanol–water partition coefficient (Wildman–Crippen LogP) is 0.148. The van der Waals surface area contributed by atoms with Crippen LogP contribution in [0.4, 0.5) is 0 Å². The highest BCUT2D eigenvalue weighted by atomic mass is 79.9. The predicted molar refractivity (Wildman–Crippen MR) is 63.0 cm³/mol. The van der Waals surface area contributed by atoms with E-state index in [2.05, 4.69) is 31.9 Å². The van der Waals surface area contributed by atoms with Crippen molar-refractivity contribution in [2.75, 3.05) is 0 Å². The summed E-state index contributed by atoms with van der Waals surface area (Å²) in [6.45, 7) is 0. The number of hydrogen-bond acceptors (Lipinski definition) is 4. The zero-order valence-corrected chi connectivity index (χ0v) is 11.5. The molecule has 0 saturated carbocycles. The number of aliphatic carboxylic acids is 4. The minimum Gasteiger partial charge on any atom is -0.480 e. The minimum absolute atomic E-state index is 0.113. The van der Waals surface area contributed by atoms with E-state index in [1.54, 1.807) is 0 Å². The van der Waals surface area contributed by atoms with Crippen molar-refractivity contribution in [3.8, 4) is 0 Å². The molecule has 0 bridgehead atoms. The van der Waals surface area contributed by atoms with Gasteiger partial charge in [0.15, 0.2) is 4.32 Å². The van der Waals surface area contributed by atoms with Crippen molar-refractivity contribution < 1.29 is 39.6 Å². The zero-order valence-electron chi connectivity index (χ0n) is 8.33. The molecule has 0 fully saturated rings. The van der Waals surface area contributed by atoms with Gasteiger partial charge in [0.25, 0.3) is 0 Å². The summed E-state index contributed by atoms with van der Waals surface area (Å²) in [5.74, 6) is -7.13. The summed E-state index contributed by atoms with van der Waals surface area (Å²) in [4.78, 5) is 41.3. The standard InChI is InChI=1S/C8H6Br2O8/c9-4(6(15)16)8(10,7(17)18)2(5(13)14)1-3(11)12/h1,4H,(H,11,12)(H,13,14)(H,15,16)(H,17,18). The Morgan fingerprint density at radius 1 is 1.06 bits per heavy atom. The van der Waals surface area contributed by atoms with Crippen molar-refractivity contribution in [3.63, 3.8) is 0 Å². The van der Waals surface area contributed by atoms with E-state index in [0.717, 1.165) is 0 Å². The monoisotopic (exact) mass is 388 g/mol. The first-order chi connectivity index (χ1) is 8.05. The Labute approximate surface area is 116 Å². The van der Waals surface area contributed by atoms with Gasteiger partial charge in [0.05, 0.1) is 5.57 Å². The van der Waals surface area contributed by atoms with Crippen LogP contribution in [-0.2, 0) is 19.2 Å². The van der Waals surface area contributed by atoms with Gasteiger partial charge < -0.3 is 20.4 Å². The van der Waals surface area contributed by atoms with Gasteiger partial charge in [-0.2, -0.15) is 0 Å². The second-order valence-corrected chi connectivity index (χ2v) is 5.09. The largest absolute Gasteiger partial charge is 0.480 e. The lowest BCUT2D eigenvalue weighted by Crippen LogP contribution is -2.48. The van der Waals surface area contributed by atoms with Crippen LogP contribution in [0.15, 0.2) is 11.6 Å². The second-order valence-electron chi connectivity index (χ2n) is 2.92. The van der Waals surface area contributed by atoms with Crippen LogP contribution in [-0.4, -0.2) is 53.5 Å². The number of hydrogen-bond donors (Lipinski definition) is 4. The molecule has 0 aromatic carbocycles. The van der Waals surface area contributed by atoms with Crippen LogP contribution in [0.3, 0.4) is 0 Å². The molecule has 2 atom stereocenters. The molecular weight excluding hydrogens is 384 g/mol. The lowest BCUT2D eigenvalue weighted by Gasteiger charge is -2.25. The third kappa shape index (κ3) is 3.29. The summed E-state index contributed by atoms with van der Waals surface area (Å²) in [7, 11) is 0. The first-order valence-corrected chi connectivity index (χ1v) is 5.73. The normalized spacial score (nSPS) is 16.4. The molecular formula is C8H6Br2O8. The van der Waals surface area contributed by atoms with Crippen molar-refractivity contribution >= 4 is 55.7 Å². The number of carbonyl (C=O) groups is 4. The van der Waals surface area contributed by atoms with Crippen LogP contribution < -0.4 is 0 Å². The zero-order chi connectivity index (χ0) is 14.7. The van der Waals surface area contributed by atoms with Crippen molar-refractivity contribution in [1.29, 1.82) is 0 Å². The Balaban J connectivity index is 6.01. The Morgan fingerprint density at radius 2 is 1.50 bits per heavy atom. The maximum absolute atomic E-state index is 11.1. The summed E-state index contributed by atoms with van der Waals surface area (Å²) in [6, 6.07) is 0. The Morgan fingerprint density at radius 3 is 1.72 bits per heavy atom. The van der Waals surface area contributed by atoms with Crippen LogP contribution in [0.2, 0.25) is 0 Å². The Bertz CT molecular complexity index is 442. The average molecular weight is 390 g/mol. The van der Waals surface area contributed by atoms with Gasteiger partial charge in [0, 0.05) is 6.08 Å². The summed E-state index contributed by atoms with van der Waals surface area (Å²) >= 11 is 4.97. The van der Waals surface area contributed by atoms with Crippen LogP contribution in [0, 0.1) is 0 Å². The first-order valence-electron chi connectivity index (χ1n) is 4.02. The fraction of sp³-hybridized carbons (Fsp3) is 0.250. The fourth-order valence-corrected chi connectivity index (χ4v) is 1.90. The van der Waals surface area contributed by atoms with Crippen molar-refractivity contribution in [2.45, 2.75) is 9.15 Å². The summed E-state index contributed by atoms with van der Waals surface area (Å²) in [6.07, 6.45) is 0.113. The molecule has 8 nitrogen and oxygen atoms in total. The van der Waals surface area contributed by atoms with E-state index in [-0.39, 0.29) is 6.08 Å². The van der Waals surface area contributed by atoms with Crippen molar-refractivity contribution in [1.82, 2.24) is 0 Å². The van der Waals surface area contributed by atoms with E-state index in [1.807, 2.05) is 0 Å². The highest BCUT2D eigenvalue weighted by Gasteiger charge is 2.52. The molecule has 0 aromatic rings. The molecule has 0 rings (SSSR count). The number of carboxylic acid groups (broad SMARTS) is 4. The van der Waals surface area contributed by atoms with E-state index >= 15 is 0 Å². The molecule has 0 aliphatic heterocycles. The average Bonchev–Trinajstić information content (AvgIpc) is 2.22. The maximum atomic E-state index is 11.1. The third-order valence-electron chi connectivity index (χ3n) is 1.77. The SMILES string of the molecule is O=C(O)C=C(C(=O)O)C(Br)(C(=O)O)C(Br)C(=O)O. The molecule has 0 aromatic heterocycles. The second kappa shape index (κ2) is 5.96. The fourth-order valence-electron chi connectivity index (χ4n) is 0.976. The lowest BCUT2D eigenvalue weighted by molar-refractivity contribution is -0.146. The molecule has 4 N–H and O–H groups in total. The maximum Gasteiger partial charge on any atom is 0.333 e. The van der Waals surface area contributed by atoms with Crippen LogP contribution in [0.25, 0.3) is 0 Å². The molecule has 0 aliphatic carbocycles. The van der Waals surface area contributed by atoms with Gasteiger partial charge in [-0.05, 0) is 0 Å². The van der Waals surface area contributed by atoms with Gasteiger partial charge in [0.1, 0.15) is 4.83 Å². The molecule has 2 unspecified atom stereocenters. The summed E-state index contributed by atoms with van der Waals surface area (Å²) in [5.41, 5.74) is -1.13. The van der Waals surface area contributed by atoms with E-state index in [9.17, 15) is 19.2 Å². The smallest absolute Gasteiger partial charge is 0.333 e. The lowest BCUT2D eigenvalue weighted by atomic mass is 9.94. The van der Waals surface area contributed by atoms with Crippen LogP contribution >= 0.6 is 31.9 Å². The Hall–Kier alpha value is -1.42. The van der Waals surface area contributed by atoms with Crippen LogP contribution in [0.5, 0.6) is 0 Å². The van der Waals surface area contributed by atoms with Crippen LogP contribution in [0.1, 0.15) is 0 Å². The summed E-state index contributed by atoms with van der Waals surface area (Å²) in [5, 5.41) is 35.0. The molecule has 18 heavy (non-hydrogen) atoms. The molecule has 0 saturated heterocycles. The molecule has 0 spiro atoms. The van der Waals surface area contributed by atoms with Gasteiger partial charge in [0.2, 0.25) is 0 Å². The number of alkyl halides is 2.